The number of aryl methyl sites for hydroxylation is 1. The zero-order chi connectivity index (χ0) is 24.9. The van der Waals surface area contributed by atoms with Crippen molar-refractivity contribution >= 4 is 22.9 Å². The van der Waals surface area contributed by atoms with Crippen molar-refractivity contribution in [1.29, 1.82) is 0 Å². The van der Waals surface area contributed by atoms with Crippen LogP contribution in [-0.4, -0.2) is 37.0 Å². The minimum absolute atomic E-state index is 0.234. The van der Waals surface area contributed by atoms with Gasteiger partial charge in [-0.25, -0.2) is 0 Å². The van der Waals surface area contributed by atoms with Crippen LogP contribution in [0, 0.1) is 5.92 Å². The van der Waals surface area contributed by atoms with Crippen LogP contribution in [-0.2, 0) is 12.8 Å². The molecule has 1 heterocycles. The molecule has 1 nitrogen and oxygen atoms in total. The zero-order valence-corrected chi connectivity index (χ0v) is 21.3. The molecule has 0 atom stereocenters. The number of fused-ring (bicyclic) bond motifs is 1. The van der Waals surface area contributed by atoms with E-state index in [1.54, 1.807) is 0 Å². The van der Waals surface area contributed by atoms with E-state index in [4.69, 9.17) is 0 Å². The summed E-state index contributed by atoms with van der Waals surface area (Å²) < 4.78 is 38.1. The molecule has 1 fully saturated rings. The largest absolute Gasteiger partial charge is 0.303 e. The third-order valence-corrected chi connectivity index (χ3v) is 8.02. The van der Waals surface area contributed by atoms with Gasteiger partial charge in [-0.2, -0.15) is 8.78 Å². The number of hydrogen-bond acceptors (Lipinski definition) is 2. The van der Waals surface area contributed by atoms with E-state index in [-0.39, 0.29) is 6.67 Å². The number of rotatable bonds is 9. The molecular weight excluding hydrogens is 475 g/mol. The van der Waals surface area contributed by atoms with Crippen LogP contribution in [0.3, 0.4) is 0 Å². The van der Waals surface area contributed by atoms with Gasteiger partial charge in [-0.05, 0) is 89.1 Å². The van der Waals surface area contributed by atoms with Gasteiger partial charge < -0.3 is 4.90 Å². The smallest absolute Gasteiger partial charge is 0.288 e. The molecule has 36 heavy (non-hydrogen) atoms. The van der Waals surface area contributed by atoms with Gasteiger partial charge in [0.2, 0.25) is 0 Å². The molecule has 1 saturated heterocycles. The van der Waals surface area contributed by atoms with Gasteiger partial charge in [0.05, 0.1) is 6.67 Å². The first-order valence-corrected chi connectivity index (χ1v) is 13.7. The van der Waals surface area contributed by atoms with Crippen molar-refractivity contribution in [1.82, 2.24) is 4.90 Å². The van der Waals surface area contributed by atoms with E-state index >= 15 is 0 Å². The number of thioether (sulfide) groups is 1. The summed E-state index contributed by atoms with van der Waals surface area (Å²) >= 11 is 0.591. The predicted molar refractivity (Wildman–Crippen MR) is 144 cm³/mol. The number of alkyl halides is 3. The molecule has 0 unspecified atom stereocenters. The van der Waals surface area contributed by atoms with E-state index in [2.05, 4.69) is 53.4 Å². The van der Waals surface area contributed by atoms with Gasteiger partial charge in [-0.3, -0.25) is 4.39 Å². The van der Waals surface area contributed by atoms with Crippen molar-refractivity contribution in [2.45, 2.75) is 42.8 Å². The molecule has 0 bridgehead atoms. The fourth-order valence-corrected chi connectivity index (χ4v) is 6.09. The maximum atomic E-state index is 12.8. The number of benzene rings is 3. The predicted octanol–water partition coefficient (Wildman–Crippen LogP) is 8.13. The summed E-state index contributed by atoms with van der Waals surface area (Å²) in [5.41, 5.74) is 8.81. The van der Waals surface area contributed by atoms with E-state index < -0.39 is 5.76 Å². The molecule has 1 aliphatic carbocycles. The molecule has 3 aromatic rings. The van der Waals surface area contributed by atoms with Crippen molar-refractivity contribution in [3.63, 3.8) is 0 Å². The Labute approximate surface area is 216 Å². The quantitative estimate of drug-likeness (QED) is 0.269. The number of allylic oxidation sites excluding steroid dienone is 1. The van der Waals surface area contributed by atoms with Crippen molar-refractivity contribution in [2.75, 3.05) is 26.3 Å². The number of likely N-dealkylation sites (tertiary alicyclic amines) is 1. The molecule has 0 amide bonds. The average Bonchev–Trinajstić information content (AvgIpc) is 3.06. The Morgan fingerprint density at radius 3 is 2.31 bits per heavy atom. The van der Waals surface area contributed by atoms with Crippen LogP contribution in [0.15, 0.2) is 77.7 Å². The first-order valence-electron chi connectivity index (χ1n) is 12.8. The molecule has 0 N–H and O–H groups in total. The molecular formula is C31H32F3NS. The van der Waals surface area contributed by atoms with Crippen LogP contribution in [0.1, 0.15) is 47.1 Å². The second-order valence-corrected chi connectivity index (χ2v) is 10.9. The third-order valence-electron chi connectivity index (χ3n) is 7.30. The lowest BCUT2D eigenvalue weighted by molar-refractivity contribution is 0.0968. The summed E-state index contributed by atoms with van der Waals surface area (Å²) in [6, 6.07) is 25.2. The third kappa shape index (κ3) is 5.90. The number of halogens is 3. The summed E-state index contributed by atoms with van der Waals surface area (Å²) in [6.45, 7) is 2.75. The normalized spacial score (nSPS) is 16.7. The summed E-state index contributed by atoms with van der Waals surface area (Å²) in [5, 5.41) is 0. The maximum absolute atomic E-state index is 12.8. The fraction of sp³-hybridized carbons (Fsp3) is 0.355. The van der Waals surface area contributed by atoms with Crippen LogP contribution in [0.2, 0.25) is 0 Å². The van der Waals surface area contributed by atoms with Crippen LogP contribution in [0.4, 0.5) is 13.2 Å². The number of nitrogens with zero attached hydrogens (tertiary/aromatic N) is 1. The second-order valence-electron chi connectivity index (χ2n) is 9.84. The Morgan fingerprint density at radius 1 is 0.861 bits per heavy atom. The Balaban J connectivity index is 1.43. The van der Waals surface area contributed by atoms with E-state index in [0.717, 1.165) is 50.9 Å². The Bertz CT molecular complexity index is 1180. The first kappa shape index (κ1) is 25.2. The molecule has 5 heteroatoms. The monoisotopic (exact) mass is 507 g/mol. The van der Waals surface area contributed by atoms with Crippen LogP contribution in [0.25, 0.3) is 11.1 Å². The van der Waals surface area contributed by atoms with Crippen LogP contribution in [0.5, 0.6) is 0 Å². The van der Waals surface area contributed by atoms with Crippen LogP contribution >= 0.6 is 11.8 Å². The van der Waals surface area contributed by atoms with Gasteiger partial charge in [0.1, 0.15) is 0 Å². The highest BCUT2D eigenvalue weighted by molar-refractivity contribution is 7.99. The van der Waals surface area contributed by atoms with E-state index in [1.807, 2.05) is 24.3 Å². The van der Waals surface area contributed by atoms with Gasteiger partial charge in [0.25, 0.3) is 5.76 Å². The molecule has 2 aliphatic rings. The van der Waals surface area contributed by atoms with Crippen molar-refractivity contribution in [2.24, 2.45) is 5.92 Å². The molecule has 5 rings (SSSR count). The Morgan fingerprint density at radius 2 is 1.58 bits per heavy atom. The Hall–Kier alpha value is -2.50. The standard InChI is InChI=1S/C31H32F3NS/c32-17-4-18-35-20-23(21-35)19-22-9-11-26(12-10-22)30-28-7-2-1-5-24(28)6-3-8-29(30)25-13-15-27(16-14-25)36-31(33)34/h1-2,5,7,9-16,23,31H,3-4,6,8,17-21H2. The molecule has 0 spiro atoms. The highest BCUT2D eigenvalue weighted by Crippen LogP contribution is 2.40. The molecule has 1 aliphatic heterocycles. The molecule has 0 radical (unpaired) electrons. The van der Waals surface area contributed by atoms with Crippen molar-refractivity contribution in [3.8, 4) is 0 Å². The molecule has 188 valence electrons. The van der Waals surface area contributed by atoms with E-state index in [1.165, 1.54) is 33.4 Å². The van der Waals surface area contributed by atoms with E-state index in [0.29, 0.717) is 29.0 Å². The minimum atomic E-state index is -2.41. The molecule has 3 aromatic carbocycles. The van der Waals surface area contributed by atoms with Crippen LogP contribution < -0.4 is 0 Å². The first-order chi connectivity index (χ1) is 17.6. The van der Waals surface area contributed by atoms with E-state index in [9.17, 15) is 13.2 Å². The SMILES string of the molecule is FCCCN1CC(Cc2ccc(C3=C(c4ccc(SC(F)F)cc4)CCCc4ccccc43)cc2)C1. The molecule has 0 saturated carbocycles. The summed E-state index contributed by atoms with van der Waals surface area (Å²) in [7, 11) is 0. The second kappa shape index (κ2) is 11.7. The highest BCUT2D eigenvalue weighted by Gasteiger charge is 2.26. The van der Waals surface area contributed by atoms with Gasteiger partial charge in [0, 0.05) is 24.5 Å². The summed E-state index contributed by atoms with van der Waals surface area (Å²) in [6.07, 6.45) is 4.72. The lowest BCUT2D eigenvalue weighted by Crippen LogP contribution is -2.47. The Kier molecular flexibility index (Phi) is 8.18. The van der Waals surface area contributed by atoms with Gasteiger partial charge in [0.15, 0.2) is 0 Å². The molecule has 0 aromatic heterocycles. The number of hydrogen-bond donors (Lipinski definition) is 0. The van der Waals surface area contributed by atoms with Crippen molar-refractivity contribution < 1.29 is 13.2 Å². The lowest BCUT2D eigenvalue weighted by atomic mass is 9.86. The van der Waals surface area contributed by atoms with Gasteiger partial charge >= 0.3 is 0 Å². The lowest BCUT2D eigenvalue weighted by Gasteiger charge is -2.39. The topological polar surface area (TPSA) is 3.24 Å². The maximum Gasteiger partial charge on any atom is 0.288 e. The minimum Gasteiger partial charge on any atom is -0.303 e. The average molecular weight is 508 g/mol. The van der Waals surface area contributed by atoms with Crippen molar-refractivity contribution in [3.05, 3.63) is 101 Å². The summed E-state index contributed by atoms with van der Waals surface area (Å²) in [5.74, 6) is -1.76. The fourth-order valence-electron chi connectivity index (χ4n) is 5.59. The summed E-state index contributed by atoms with van der Waals surface area (Å²) in [4.78, 5) is 2.93. The van der Waals surface area contributed by atoms with Gasteiger partial charge in [-0.1, -0.05) is 72.4 Å². The highest BCUT2D eigenvalue weighted by atomic mass is 32.2. The zero-order valence-electron chi connectivity index (χ0n) is 20.4. The van der Waals surface area contributed by atoms with Gasteiger partial charge in [-0.15, -0.1) is 0 Å².